The molecule has 1 N–H and O–H groups in total. The minimum atomic E-state index is -0.117. The summed E-state index contributed by atoms with van der Waals surface area (Å²) in [4.78, 5) is 18.0. The van der Waals surface area contributed by atoms with E-state index in [1.807, 2.05) is 47.4 Å². The van der Waals surface area contributed by atoms with Gasteiger partial charge in [0.25, 0.3) is 5.91 Å². The van der Waals surface area contributed by atoms with Gasteiger partial charge in [0.05, 0.1) is 24.3 Å². The van der Waals surface area contributed by atoms with Crippen LogP contribution in [0.5, 0.6) is 0 Å². The van der Waals surface area contributed by atoms with E-state index in [0.717, 1.165) is 36.1 Å². The highest BCUT2D eigenvalue weighted by Crippen LogP contribution is 2.32. The van der Waals surface area contributed by atoms with Crippen molar-refractivity contribution in [1.82, 2.24) is 20.0 Å². The molecule has 2 aliphatic rings. The van der Waals surface area contributed by atoms with Gasteiger partial charge in [0.2, 0.25) is 0 Å². The number of aromatic nitrogens is 2. The molecule has 0 bridgehead atoms. The van der Waals surface area contributed by atoms with Gasteiger partial charge in [-0.25, -0.2) is 0 Å². The zero-order chi connectivity index (χ0) is 19.6. The molecular weight excluding hydrogens is 364 g/mol. The first kappa shape index (κ1) is 18.3. The van der Waals surface area contributed by atoms with Crippen molar-refractivity contribution < 1.29 is 9.53 Å². The lowest BCUT2D eigenvalue weighted by Gasteiger charge is -2.42. The number of carbonyl (C=O) groups excluding carboxylic acids is 1. The van der Waals surface area contributed by atoms with Gasteiger partial charge in [-0.05, 0) is 37.6 Å². The van der Waals surface area contributed by atoms with E-state index in [2.05, 4.69) is 27.2 Å². The van der Waals surface area contributed by atoms with Crippen molar-refractivity contribution >= 4 is 16.8 Å². The Bertz CT molecular complexity index is 981. The topological polar surface area (TPSA) is 61.5 Å². The fourth-order valence-electron chi connectivity index (χ4n) is 4.64. The third kappa shape index (κ3) is 3.54. The number of morpholine rings is 1. The molecule has 1 aromatic heterocycles. The zero-order valence-corrected chi connectivity index (χ0v) is 16.5. The molecule has 5 rings (SSSR count). The molecule has 0 aliphatic carbocycles. The number of nitrogens with one attached hydrogen (secondary N) is 1. The van der Waals surface area contributed by atoms with Crippen LogP contribution < -0.4 is 0 Å². The Labute approximate surface area is 170 Å². The van der Waals surface area contributed by atoms with E-state index in [4.69, 9.17) is 4.74 Å². The molecule has 2 fully saturated rings. The van der Waals surface area contributed by atoms with E-state index >= 15 is 0 Å². The van der Waals surface area contributed by atoms with Gasteiger partial charge in [0.15, 0.2) is 5.69 Å². The third-order valence-corrected chi connectivity index (χ3v) is 6.06. The monoisotopic (exact) mass is 390 g/mol. The SMILES string of the molecule is O=C(c1n[nH]c2ccccc12)N1CCO[C@@H](CN2CCCC2)[C@@H]1c1ccccc1. The molecule has 0 radical (unpaired) electrons. The summed E-state index contributed by atoms with van der Waals surface area (Å²) in [6.45, 7) is 4.19. The van der Waals surface area contributed by atoms with E-state index in [0.29, 0.717) is 18.8 Å². The van der Waals surface area contributed by atoms with Crippen molar-refractivity contribution in [1.29, 1.82) is 0 Å². The summed E-state index contributed by atoms with van der Waals surface area (Å²) >= 11 is 0. The van der Waals surface area contributed by atoms with Crippen LogP contribution in [-0.4, -0.2) is 64.8 Å². The van der Waals surface area contributed by atoms with E-state index in [1.165, 1.54) is 12.8 Å². The van der Waals surface area contributed by atoms with Gasteiger partial charge >= 0.3 is 0 Å². The fraction of sp³-hybridized carbons (Fsp3) is 0.391. The van der Waals surface area contributed by atoms with E-state index in [9.17, 15) is 4.79 Å². The number of carbonyl (C=O) groups is 1. The summed E-state index contributed by atoms with van der Waals surface area (Å²) in [6, 6.07) is 17.9. The van der Waals surface area contributed by atoms with Gasteiger partial charge in [-0.3, -0.25) is 9.89 Å². The maximum absolute atomic E-state index is 13.6. The van der Waals surface area contributed by atoms with Crippen molar-refractivity contribution in [3.05, 3.63) is 65.9 Å². The van der Waals surface area contributed by atoms with Crippen LogP contribution in [0.3, 0.4) is 0 Å². The van der Waals surface area contributed by atoms with E-state index < -0.39 is 0 Å². The maximum atomic E-state index is 13.6. The van der Waals surface area contributed by atoms with Gasteiger partial charge in [0.1, 0.15) is 0 Å². The number of fused-ring (bicyclic) bond motifs is 1. The molecule has 0 saturated carbocycles. The molecule has 0 spiro atoms. The summed E-state index contributed by atoms with van der Waals surface area (Å²) in [5.74, 6) is -0.0361. The van der Waals surface area contributed by atoms with Crippen LogP contribution in [0.15, 0.2) is 54.6 Å². The number of hydrogen-bond donors (Lipinski definition) is 1. The Morgan fingerprint density at radius 2 is 1.79 bits per heavy atom. The number of benzene rings is 2. The van der Waals surface area contributed by atoms with Crippen LogP contribution in [0.2, 0.25) is 0 Å². The normalized spacial score (nSPS) is 23.0. The average molecular weight is 390 g/mol. The number of H-pyrrole nitrogens is 1. The maximum Gasteiger partial charge on any atom is 0.275 e. The van der Waals surface area contributed by atoms with Crippen LogP contribution >= 0.6 is 0 Å². The largest absolute Gasteiger partial charge is 0.373 e. The lowest BCUT2D eigenvalue weighted by atomic mass is 9.96. The number of rotatable bonds is 4. The summed E-state index contributed by atoms with van der Waals surface area (Å²) in [5.41, 5.74) is 2.49. The summed E-state index contributed by atoms with van der Waals surface area (Å²) in [7, 11) is 0. The lowest BCUT2D eigenvalue weighted by molar-refractivity contribution is -0.0708. The van der Waals surface area contributed by atoms with Gasteiger partial charge in [-0.15, -0.1) is 0 Å². The first-order valence-electron chi connectivity index (χ1n) is 10.4. The molecule has 6 heteroatoms. The van der Waals surface area contributed by atoms with Crippen molar-refractivity contribution in [3.8, 4) is 0 Å². The molecule has 2 aliphatic heterocycles. The number of para-hydroxylation sites is 1. The second kappa shape index (κ2) is 7.97. The zero-order valence-electron chi connectivity index (χ0n) is 16.5. The van der Waals surface area contributed by atoms with Gasteiger partial charge in [-0.2, -0.15) is 5.10 Å². The molecule has 1 amide bonds. The molecular formula is C23H26N4O2. The number of nitrogens with zero attached hydrogens (tertiary/aromatic N) is 3. The molecule has 6 nitrogen and oxygen atoms in total. The second-order valence-corrected chi connectivity index (χ2v) is 7.89. The number of aromatic amines is 1. The highest BCUT2D eigenvalue weighted by Gasteiger charge is 2.38. The van der Waals surface area contributed by atoms with Gasteiger partial charge in [-0.1, -0.05) is 48.5 Å². The quantitative estimate of drug-likeness (QED) is 0.743. The summed E-state index contributed by atoms with van der Waals surface area (Å²) < 4.78 is 6.23. The molecule has 3 heterocycles. The third-order valence-electron chi connectivity index (χ3n) is 6.06. The predicted molar refractivity (Wildman–Crippen MR) is 112 cm³/mol. The molecule has 2 aromatic carbocycles. The second-order valence-electron chi connectivity index (χ2n) is 7.89. The first-order valence-corrected chi connectivity index (χ1v) is 10.4. The number of likely N-dealkylation sites (tertiary alicyclic amines) is 1. The molecule has 29 heavy (non-hydrogen) atoms. The number of hydrogen-bond acceptors (Lipinski definition) is 4. The summed E-state index contributed by atoms with van der Waals surface area (Å²) in [6.07, 6.45) is 2.44. The molecule has 150 valence electrons. The predicted octanol–water partition coefficient (Wildman–Crippen LogP) is 3.24. The minimum Gasteiger partial charge on any atom is -0.373 e. The highest BCUT2D eigenvalue weighted by molar-refractivity contribution is 6.04. The van der Waals surface area contributed by atoms with Crippen LogP contribution in [0, 0.1) is 0 Å². The van der Waals surface area contributed by atoms with Gasteiger partial charge < -0.3 is 14.5 Å². The Hall–Kier alpha value is -2.70. The van der Waals surface area contributed by atoms with E-state index in [1.54, 1.807) is 0 Å². The van der Waals surface area contributed by atoms with E-state index in [-0.39, 0.29) is 18.1 Å². The van der Waals surface area contributed by atoms with Crippen molar-refractivity contribution in [2.75, 3.05) is 32.8 Å². The Morgan fingerprint density at radius 3 is 2.62 bits per heavy atom. The molecule has 3 aromatic rings. The van der Waals surface area contributed by atoms with Crippen LogP contribution in [-0.2, 0) is 4.74 Å². The van der Waals surface area contributed by atoms with Crippen molar-refractivity contribution in [3.63, 3.8) is 0 Å². The fourth-order valence-corrected chi connectivity index (χ4v) is 4.64. The standard InChI is InChI=1S/C23H26N4O2/c28-23(21-18-10-4-5-11-19(18)24-25-21)27-14-15-29-20(16-26-12-6-7-13-26)22(27)17-8-2-1-3-9-17/h1-5,8-11,20,22H,6-7,12-16H2,(H,24,25)/t20-,22-/m0/s1. The molecule has 2 atom stereocenters. The lowest BCUT2D eigenvalue weighted by Crippen LogP contribution is -2.51. The Kier molecular flexibility index (Phi) is 5.04. The Balaban J connectivity index is 1.49. The van der Waals surface area contributed by atoms with Gasteiger partial charge in [0, 0.05) is 18.5 Å². The van der Waals surface area contributed by atoms with Crippen molar-refractivity contribution in [2.24, 2.45) is 0 Å². The Morgan fingerprint density at radius 1 is 1.03 bits per heavy atom. The number of ether oxygens (including phenoxy) is 1. The highest BCUT2D eigenvalue weighted by atomic mass is 16.5. The first-order chi connectivity index (χ1) is 14.3. The summed E-state index contributed by atoms with van der Waals surface area (Å²) in [5, 5.41) is 8.22. The average Bonchev–Trinajstić information content (AvgIpc) is 3.43. The molecule has 0 unspecified atom stereocenters. The molecule has 2 saturated heterocycles. The number of amides is 1. The van der Waals surface area contributed by atoms with Crippen LogP contribution in [0.4, 0.5) is 0 Å². The van der Waals surface area contributed by atoms with Crippen LogP contribution in [0.25, 0.3) is 10.9 Å². The smallest absolute Gasteiger partial charge is 0.275 e. The minimum absolute atomic E-state index is 0.0361. The van der Waals surface area contributed by atoms with Crippen LogP contribution in [0.1, 0.15) is 34.9 Å². The van der Waals surface area contributed by atoms with Crippen molar-refractivity contribution in [2.45, 2.75) is 25.0 Å².